The van der Waals surface area contributed by atoms with Gasteiger partial charge in [-0.2, -0.15) is 0 Å². The van der Waals surface area contributed by atoms with Crippen molar-refractivity contribution >= 4 is 21.7 Å². The molecule has 4 rings (SSSR count). The number of nitrogens with one attached hydrogen (secondary N) is 2. The van der Waals surface area contributed by atoms with E-state index >= 15 is 0 Å². The van der Waals surface area contributed by atoms with E-state index in [1.807, 2.05) is 6.07 Å². The molecule has 0 aromatic heterocycles. The number of aromatic hydroxyl groups is 1. The van der Waals surface area contributed by atoms with Crippen molar-refractivity contribution in [3.8, 4) is 17.2 Å². The number of hydrogen-bond acceptors (Lipinski definition) is 5. The van der Waals surface area contributed by atoms with Crippen LogP contribution in [0.5, 0.6) is 17.2 Å². The first-order valence-electron chi connectivity index (χ1n) is 14.4. The topological polar surface area (TPSA) is 153 Å². The predicted octanol–water partition coefficient (Wildman–Crippen LogP) is 8.29. The van der Waals surface area contributed by atoms with Gasteiger partial charge < -0.3 is 20.5 Å². The molecule has 222 valence electrons. The molecule has 0 radical (unpaired) electrons. The molecule has 0 aliphatic heterocycles. The minimum atomic E-state index is -4.06. The summed E-state index contributed by atoms with van der Waals surface area (Å²) >= 11 is 0. The van der Waals surface area contributed by atoms with Crippen LogP contribution in [0.4, 0.5) is 10.5 Å². The van der Waals surface area contributed by atoms with Gasteiger partial charge in [-0.05, 0) is 102 Å². The first-order chi connectivity index (χ1) is 20.3. The van der Waals surface area contributed by atoms with Crippen LogP contribution in [0.15, 0.2) is 70.1 Å². The SMILES string of the molecule is CCCCCc1cc(CNC(=O)Nc2ccc(Oc3ccc(S(=O)(=O)N=[N+]=[N-])cc3)cc2)cc(C2CCCCC2)c1O. The number of rotatable bonds is 12. The number of ether oxygens (including phenoxy) is 1. The van der Waals surface area contributed by atoms with Crippen LogP contribution in [0.25, 0.3) is 10.4 Å². The third kappa shape index (κ3) is 8.41. The fraction of sp³-hybridized carbons (Fsp3) is 0.387. The average molecular weight is 592 g/mol. The van der Waals surface area contributed by atoms with Gasteiger partial charge in [-0.15, -0.1) is 0 Å². The summed E-state index contributed by atoms with van der Waals surface area (Å²) in [6.45, 7) is 2.51. The van der Waals surface area contributed by atoms with E-state index in [-0.39, 0.29) is 10.9 Å². The Morgan fingerprint density at radius 3 is 2.33 bits per heavy atom. The van der Waals surface area contributed by atoms with E-state index in [1.165, 1.54) is 43.5 Å². The van der Waals surface area contributed by atoms with Gasteiger partial charge in [0.05, 0.1) is 4.90 Å². The zero-order chi connectivity index (χ0) is 30.0. The van der Waals surface area contributed by atoms with Gasteiger partial charge in [0.1, 0.15) is 17.2 Å². The number of phenolic OH excluding ortho intramolecular Hbond substituents is 1. The summed E-state index contributed by atoms with van der Waals surface area (Å²) in [5, 5.41) is 16.8. The van der Waals surface area contributed by atoms with E-state index in [2.05, 4.69) is 33.1 Å². The zero-order valence-corrected chi connectivity index (χ0v) is 24.6. The quantitative estimate of drug-likeness (QED) is 0.0837. The third-order valence-electron chi connectivity index (χ3n) is 7.44. The van der Waals surface area contributed by atoms with Crippen LogP contribution in [0.3, 0.4) is 0 Å². The van der Waals surface area contributed by atoms with Gasteiger partial charge in [-0.25, -0.2) is 13.2 Å². The molecule has 1 fully saturated rings. The van der Waals surface area contributed by atoms with Crippen LogP contribution in [-0.2, 0) is 23.0 Å². The minimum Gasteiger partial charge on any atom is -0.507 e. The first kappa shape index (κ1) is 30.7. The molecule has 0 saturated heterocycles. The Labute approximate surface area is 246 Å². The van der Waals surface area contributed by atoms with E-state index in [0.717, 1.165) is 55.2 Å². The first-order valence-corrected chi connectivity index (χ1v) is 15.8. The molecule has 42 heavy (non-hydrogen) atoms. The molecule has 0 unspecified atom stereocenters. The Balaban J connectivity index is 1.35. The van der Waals surface area contributed by atoms with Crippen molar-refractivity contribution in [2.24, 2.45) is 4.52 Å². The number of carbonyl (C=O) groups is 1. The lowest BCUT2D eigenvalue weighted by Crippen LogP contribution is -2.28. The summed E-state index contributed by atoms with van der Waals surface area (Å²) in [5.74, 6) is 1.68. The summed E-state index contributed by atoms with van der Waals surface area (Å²) in [5.41, 5.74) is 11.9. The highest BCUT2D eigenvalue weighted by molar-refractivity contribution is 7.90. The number of amides is 2. The highest BCUT2D eigenvalue weighted by Crippen LogP contribution is 2.39. The van der Waals surface area contributed by atoms with E-state index in [1.54, 1.807) is 24.3 Å². The molecule has 1 aliphatic rings. The number of aryl methyl sites for hydroxylation is 1. The van der Waals surface area contributed by atoms with Crippen molar-refractivity contribution in [2.45, 2.75) is 82.1 Å². The normalized spacial score (nSPS) is 13.6. The Bertz CT molecular complexity index is 1510. The number of sulfonamides is 1. The maximum atomic E-state index is 12.7. The van der Waals surface area contributed by atoms with Crippen LogP contribution in [0, 0.1) is 0 Å². The average Bonchev–Trinajstić information content (AvgIpc) is 2.99. The number of azide groups is 1. The summed E-state index contributed by atoms with van der Waals surface area (Å²) in [6.07, 6.45) is 9.86. The maximum absolute atomic E-state index is 12.7. The summed E-state index contributed by atoms with van der Waals surface area (Å²) in [7, 11) is -4.06. The molecule has 10 nitrogen and oxygen atoms in total. The van der Waals surface area contributed by atoms with Gasteiger partial charge >= 0.3 is 6.03 Å². The monoisotopic (exact) mass is 591 g/mol. The molecule has 0 bridgehead atoms. The molecule has 3 aromatic carbocycles. The van der Waals surface area contributed by atoms with Crippen molar-refractivity contribution < 1.29 is 23.1 Å². The lowest BCUT2D eigenvalue weighted by molar-refractivity contribution is 0.251. The molecule has 3 N–H and O–H groups in total. The van der Waals surface area contributed by atoms with E-state index in [0.29, 0.717) is 35.4 Å². The number of anilines is 1. The molecule has 1 saturated carbocycles. The number of carbonyl (C=O) groups excluding carboxylic acids is 1. The molecule has 1 aliphatic carbocycles. The highest BCUT2D eigenvalue weighted by atomic mass is 32.2. The summed E-state index contributed by atoms with van der Waals surface area (Å²) < 4.78 is 32.2. The predicted molar refractivity (Wildman–Crippen MR) is 162 cm³/mol. The van der Waals surface area contributed by atoms with Crippen molar-refractivity contribution in [1.29, 1.82) is 0 Å². The molecule has 2 amide bonds. The Morgan fingerprint density at radius 1 is 1.02 bits per heavy atom. The van der Waals surface area contributed by atoms with Gasteiger partial charge in [-0.1, -0.05) is 51.2 Å². The minimum absolute atomic E-state index is 0.136. The van der Waals surface area contributed by atoms with Crippen molar-refractivity contribution in [3.63, 3.8) is 0 Å². The highest BCUT2D eigenvalue weighted by Gasteiger charge is 2.21. The van der Waals surface area contributed by atoms with Crippen molar-refractivity contribution in [1.82, 2.24) is 5.32 Å². The molecule has 11 heteroatoms. The number of nitrogens with zero attached hydrogens (tertiary/aromatic N) is 3. The molecule has 0 atom stereocenters. The maximum Gasteiger partial charge on any atom is 0.319 e. The van der Waals surface area contributed by atoms with Gasteiger partial charge in [-0.3, -0.25) is 0 Å². The largest absolute Gasteiger partial charge is 0.507 e. The van der Waals surface area contributed by atoms with Crippen molar-refractivity contribution in [2.75, 3.05) is 5.32 Å². The fourth-order valence-corrected chi connectivity index (χ4v) is 5.92. The standard InChI is InChI=1S/C31H37N5O5S/c1-2-3-5-10-24-19-22(20-29(30(24)37)23-8-6-4-7-9-23)21-33-31(38)34-25-11-13-26(14-12-25)41-27-15-17-28(18-16-27)42(39,40)36-35-32/h11-20,23,37H,2-10,21H2,1H3,(H2,33,34,38). The second-order valence-corrected chi connectivity index (χ2v) is 12.1. The number of urea groups is 1. The second-order valence-electron chi connectivity index (χ2n) is 10.5. The number of unbranched alkanes of at least 4 members (excludes halogenated alkanes) is 2. The Kier molecular flexibility index (Phi) is 10.7. The second kappa shape index (κ2) is 14.6. The van der Waals surface area contributed by atoms with Crippen LogP contribution in [0.2, 0.25) is 0 Å². The van der Waals surface area contributed by atoms with E-state index < -0.39 is 10.0 Å². The fourth-order valence-electron chi connectivity index (χ4n) is 5.25. The number of hydrogen-bond donors (Lipinski definition) is 3. The number of benzene rings is 3. The molecule has 3 aromatic rings. The van der Waals surface area contributed by atoms with E-state index in [9.17, 15) is 18.3 Å². The van der Waals surface area contributed by atoms with Gasteiger partial charge in [0, 0.05) is 21.7 Å². The third-order valence-corrected chi connectivity index (χ3v) is 8.60. The zero-order valence-electron chi connectivity index (χ0n) is 23.8. The Morgan fingerprint density at radius 2 is 1.69 bits per heavy atom. The smallest absolute Gasteiger partial charge is 0.319 e. The summed E-state index contributed by atoms with van der Waals surface area (Å²) in [4.78, 5) is 14.9. The lowest BCUT2D eigenvalue weighted by Gasteiger charge is -2.25. The Hall–Kier alpha value is -4.21. The van der Waals surface area contributed by atoms with Crippen molar-refractivity contribution in [3.05, 3.63) is 87.8 Å². The van der Waals surface area contributed by atoms with Gasteiger partial charge in [0.15, 0.2) is 0 Å². The van der Waals surface area contributed by atoms with Gasteiger partial charge in [0.25, 0.3) is 10.0 Å². The molecular formula is C31H37N5O5S. The number of phenols is 1. The van der Waals surface area contributed by atoms with Crippen LogP contribution in [0.1, 0.15) is 80.9 Å². The van der Waals surface area contributed by atoms with Crippen LogP contribution >= 0.6 is 0 Å². The molecular weight excluding hydrogens is 554 g/mol. The van der Waals surface area contributed by atoms with E-state index in [4.69, 9.17) is 10.3 Å². The molecule has 0 spiro atoms. The summed E-state index contributed by atoms with van der Waals surface area (Å²) in [6, 6.07) is 16.0. The van der Waals surface area contributed by atoms with Gasteiger partial charge in [0.2, 0.25) is 0 Å². The lowest BCUT2D eigenvalue weighted by atomic mass is 9.82. The van der Waals surface area contributed by atoms with Crippen LogP contribution < -0.4 is 15.4 Å². The molecule has 0 heterocycles. The van der Waals surface area contributed by atoms with Crippen LogP contribution in [-0.4, -0.2) is 19.6 Å².